The number of benzene rings is 2. The van der Waals surface area contributed by atoms with E-state index in [9.17, 15) is 9.59 Å². The molecule has 0 fully saturated rings. The van der Waals surface area contributed by atoms with Gasteiger partial charge >= 0.3 is 5.97 Å². The molecule has 0 amide bonds. The number of halogens is 2. The molecule has 0 bridgehead atoms. The lowest BCUT2D eigenvalue weighted by Crippen LogP contribution is -2.06. The summed E-state index contributed by atoms with van der Waals surface area (Å²) in [5, 5.41) is 4.79. The largest absolute Gasteiger partial charge is 0.402 e. The van der Waals surface area contributed by atoms with Crippen LogP contribution in [0, 0.1) is 3.57 Å². The summed E-state index contributed by atoms with van der Waals surface area (Å²) in [4.78, 5) is 28.5. The van der Waals surface area contributed by atoms with E-state index in [1.807, 2.05) is 36.4 Å². The van der Waals surface area contributed by atoms with E-state index in [1.54, 1.807) is 24.4 Å². The van der Waals surface area contributed by atoms with Crippen molar-refractivity contribution in [3.8, 4) is 11.3 Å². The number of nitrogens with zero attached hydrogens (tertiary/aromatic N) is 3. The van der Waals surface area contributed by atoms with Gasteiger partial charge in [0.1, 0.15) is 5.69 Å². The molecule has 1 aromatic heterocycles. The van der Waals surface area contributed by atoms with Crippen LogP contribution in [0.4, 0.5) is 0 Å². The molecule has 0 saturated heterocycles. The zero-order valence-electron chi connectivity index (χ0n) is 15.1. The summed E-state index contributed by atoms with van der Waals surface area (Å²) in [6, 6.07) is 14.8. The van der Waals surface area contributed by atoms with Crippen LogP contribution in [-0.2, 0) is 9.53 Å². The van der Waals surface area contributed by atoms with E-state index in [2.05, 4.69) is 32.7 Å². The average molecular weight is 518 g/mol. The second kappa shape index (κ2) is 7.92. The minimum atomic E-state index is -0.593. The van der Waals surface area contributed by atoms with Crippen molar-refractivity contribution in [2.75, 3.05) is 0 Å². The highest BCUT2D eigenvalue weighted by Gasteiger charge is 2.26. The Morgan fingerprint density at radius 3 is 2.69 bits per heavy atom. The number of aliphatic imine (C=N–C) groups is 1. The van der Waals surface area contributed by atoms with Crippen LogP contribution < -0.4 is 0 Å². The molecule has 0 spiro atoms. The van der Waals surface area contributed by atoms with Crippen LogP contribution in [0.25, 0.3) is 17.3 Å². The number of esters is 1. The molecule has 0 atom stereocenters. The predicted molar refractivity (Wildman–Crippen MR) is 119 cm³/mol. The molecular weight excluding hydrogens is 505 g/mol. The highest BCUT2D eigenvalue weighted by molar-refractivity contribution is 14.1. The van der Waals surface area contributed by atoms with E-state index in [1.165, 1.54) is 11.6 Å². The van der Waals surface area contributed by atoms with E-state index < -0.39 is 5.97 Å². The number of carbonyl (C=O) groups is 2. The first-order valence-electron chi connectivity index (χ1n) is 8.56. The molecule has 0 radical (unpaired) electrons. The Morgan fingerprint density at radius 1 is 1.21 bits per heavy atom. The first kappa shape index (κ1) is 19.5. The average Bonchev–Trinajstić information content (AvgIpc) is 3.29. The van der Waals surface area contributed by atoms with Crippen molar-refractivity contribution in [1.82, 2.24) is 9.78 Å². The highest BCUT2D eigenvalue weighted by Crippen LogP contribution is 2.28. The van der Waals surface area contributed by atoms with Crippen molar-refractivity contribution in [3.63, 3.8) is 0 Å². The Kier molecular flexibility index (Phi) is 5.33. The topological polar surface area (TPSA) is 73.6 Å². The van der Waals surface area contributed by atoms with E-state index in [4.69, 9.17) is 16.3 Å². The van der Waals surface area contributed by atoms with Gasteiger partial charge in [-0.25, -0.2) is 14.5 Å². The molecule has 0 aliphatic carbocycles. The number of cyclic esters (lactones) is 1. The molecule has 0 N–H and O–H groups in total. The number of ether oxygens (including phenoxy) is 1. The van der Waals surface area contributed by atoms with E-state index in [-0.39, 0.29) is 17.5 Å². The summed E-state index contributed by atoms with van der Waals surface area (Å²) < 4.78 is 7.50. The number of rotatable bonds is 3. The van der Waals surface area contributed by atoms with Crippen LogP contribution in [0.15, 0.2) is 65.4 Å². The third-order valence-electron chi connectivity index (χ3n) is 4.18. The van der Waals surface area contributed by atoms with Crippen molar-refractivity contribution in [2.24, 2.45) is 4.99 Å². The van der Waals surface area contributed by atoms with Crippen molar-refractivity contribution in [2.45, 2.75) is 6.92 Å². The van der Waals surface area contributed by atoms with Crippen LogP contribution in [0.5, 0.6) is 0 Å². The standard InChI is InChI=1S/C21H13ClIN3O3/c1-12(27)26-11-14(19(25-26)13-5-3-2-4-6-13)9-18-21(28)29-20(24-18)16-10-15(23)7-8-17(16)22/h2-11H,1H3/b18-9-. The van der Waals surface area contributed by atoms with Crippen molar-refractivity contribution in [1.29, 1.82) is 0 Å². The van der Waals surface area contributed by atoms with Gasteiger partial charge in [0.2, 0.25) is 11.8 Å². The third-order valence-corrected chi connectivity index (χ3v) is 5.18. The summed E-state index contributed by atoms with van der Waals surface area (Å²) >= 11 is 8.38. The Balaban J connectivity index is 1.80. The summed E-state index contributed by atoms with van der Waals surface area (Å²) in [7, 11) is 0. The Bertz CT molecular complexity index is 1200. The van der Waals surface area contributed by atoms with Gasteiger partial charge in [0, 0.05) is 27.8 Å². The van der Waals surface area contributed by atoms with Gasteiger partial charge in [0.15, 0.2) is 5.70 Å². The van der Waals surface area contributed by atoms with Gasteiger partial charge in [-0.15, -0.1) is 0 Å². The van der Waals surface area contributed by atoms with Crippen LogP contribution in [0.3, 0.4) is 0 Å². The lowest BCUT2D eigenvalue weighted by Gasteiger charge is -2.02. The molecule has 29 heavy (non-hydrogen) atoms. The van der Waals surface area contributed by atoms with Crippen molar-refractivity contribution >= 4 is 58.0 Å². The number of carbonyl (C=O) groups excluding carboxylic acids is 2. The molecule has 8 heteroatoms. The van der Waals surface area contributed by atoms with E-state index in [0.29, 0.717) is 21.8 Å². The fourth-order valence-electron chi connectivity index (χ4n) is 2.81. The molecule has 6 nitrogen and oxygen atoms in total. The molecule has 3 aromatic rings. The lowest BCUT2D eigenvalue weighted by molar-refractivity contribution is -0.129. The van der Waals surface area contributed by atoms with Crippen LogP contribution in [-0.4, -0.2) is 27.6 Å². The van der Waals surface area contributed by atoms with Crippen molar-refractivity contribution in [3.05, 3.63) is 80.1 Å². The normalized spacial score (nSPS) is 14.8. The molecule has 144 valence electrons. The maximum atomic E-state index is 12.4. The van der Waals surface area contributed by atoms with Crippen LogP contribution in [0.1, 0.15) is 22.8 Å². The quantitative estimate of drug-likeness (QED) is 0.284. The minimum Gasteiger partial charge on any atom is -0.402 e. The number of aromatic nitrogens is 2. The molecule has 4 rings (SSSR count). The predicted octanol–water partition coefficient (Wildman–Crippen LogP) is 4.81. The van der Waals surface area contributed by atoms with Gasteiger partial charge in [-0.1, -0.05) is 41.9 Å². The van der Waals surface area contributed by atoms with E-state index >= 15 is 0 Å². The second-order valence-electron chi connectivity index (χ2n) is 6.22. The fourth-order valence-corrected chi connectivity index (χ4v) is 3.50. The number of hydrogen-bond acceptors (Lipinski definition) is 5. The first-order valence-corrected chi connectivity index (χ1v) is 10.0. The maximum absolute atomic E-state index is 12.4. The molecule has 2 heterocycles. The fraction of sp³-hybridized carbons (Fsp3) is 0.0476. The maximum Gasteiger partial charge on any atom is 0.363 e. The molecule has 1 aliphatic rings. The minimum absolute atomic E-state index is 0.107. The van der Waals surface area contributed by atoms with Gasteiger partial charge in [-0.05, 0) is 46.9 Å². The third kappa shape index (κ3) is 4.01. The van der Waals surface area contributed by atoms with Crippen molar-refractivity contribution < 1.29 is 14.3 Å². The summed E-state index contributed by atoms with van der Waals surface area (Å²) in [6.45, 7) is 1.41. The van der Waals surface area contributed by atoms with Gasteiger partial charge < -0.3 is 4.74 Å². The first-order chi connectivity index (χ1) is 13.9. The SMILES string of the molecule is CC(=O)n1cc(/C=C2\N=C(c3cc(I)ccc3Cl)OC2=O)c(-c2ccccc2)n1. The van der Waals surface area contributed by atoms with Gasteiger partial charge in [0.05, 0.1) is 10.6 Å². The molecule has 0 unspecified atom stereocenters. The zero-order chi connectivity index (χ0) is 20.5. The monoisotopic (exact) mass is 517 g/mol. The Labute approximate surface area is 185 Å². The summed E-state index contributed by atoms with van der Waals surface area (Å²) in [5.74, 6) is -0.690. The number of hydrogen-bond donors (Lipinski definition) is 0. The van der Waals surface area contributed by atoms with Gasteiger partial charge in [-0.2, -0.15) is 5.10 Å². The Hall–Kier alpha value is -2.78. The second-order valence-corrected chi connectivity index (χ2v) is 7.88. The summed E-state index contributed by atoms with van der Waals surface area (Å²) in [5.41, 5.74) is 2.61. The van der Waals surface area contributed by atoms with Gasteiger partial charge in [-0.3, -0.25) is 4.79 Å². The molecular formula is C21H13ClIN3O3. The van der Waals surface area contributed by atoms with E-state index in [0.717, 1.165) is 9.13 Å². The van der Waals surface area contributed by atoms with Crippen LogP contribution in [0.2, 0.25) is 5.02 Å². The highest BCUT2D eigenvalue weighted by atomic mass is 127. The molecule has 0 saturated carbocycles. The van der Waals surface area contributed by atoms with Crippen LogP contribution >= 0.6 is 34.2 Å². The smallest absolute Gasteiger partial charge is 0.363 e. The summed E-state index contributed by atoms with van der Waals surface area (Å²) in [6.07, 6.45) is 3.13. The van der Waals surface area contributed by atoms with Gasteiger partial charge in [0.25, 0.3) is 0 Å². The molecule has 2 aromatic carbocycles. The lowest BCUT2D eigenvalue weighted by atomic mass is 10.1. The zero-order valence-corrected chi connectivity index (χ0v) is 18.0. The Morgan fingerprint density at radius 2 is 1.97 bits per heavy atom. The molecule has 1 aliphatic heterocycles.